The summed E-state index contributed by atoms with van der Waals surface area (Å²) in [4.78, 5) is 11.3. The standard InChI is InChI=1S/C5H7NOS/c7-5-3-4(8)1-2-6-5/h3,8H,1-2H2,(H,6,7). The van der Waals surface area contributed by atoms with Crippen LogP contribution in [0.15, 0.2) is 11.0 Å². The van der Waals surface area contributed by atoms with Gasteiger partial charge in [0, 0.05) is 12.6 Å². The zero-order valence-electron chi connectivity index (χ0n) is 4.35. The van der Waals surface area contributed by atoms with Gasteiger partial charge in [-0.05, 0) is 11.3 Å². The molecule has 44 valence electrons. The molecule has 0 unspecified atom stereocenters. The van der Waals surface area contributed by atoms with Crippen LogP contribution < -0.4 is 5.32 Å². The quantitative estimate of drug-likeness (QED) is 0.453. The molecule has 0 aromatic rings. The molecule has 0 saturated heterocycles. The summed E-state index contributed by atoms with van der Waals surface area (Å²) in [6.07, 6.45) is 2.38. The summed E-state index contributed by atoms with van der Waals surface area (Å²) in [5.41, 5.74) is 0. The van der Waals surface area contributed by atoms with E-state index in [9.17, 15) is 4.79 Å². The fourth-order valence-corrected chi connectivity index (χ4v) is 0.817. The number of carbonyl (C=O) groups is 1. The van der Waals surface area contributed by atoms with Gasteiger partial charge in [-0.3, -0.25) is 4.79 Å². The molecule has 1 amide bonds. The van der Waals surface area contributed by atoms with Gasteiger partial charge in [-0.2, -0.15) is 0 Å². The molecule has 0 aromatic heterocycles. The predicted octanol–water partition coefficient (Wildman–Crippen LogP) is 0.320. The van der Waals surface area contributed by atoms with E-state index in [1.807, 2.05) is 0 Å². The Balaban J connectivity index is 2.64. The normalized spacial score (nSPS) is 19.6. The molecular formula is C5H7NOS. The van der Waals surface area contributed by atoms with E-state index in [0.29, 0.717) is 0 Å². The van der Waals surface area contributed by atoms with Crippen LogP contribution >= 0.6 is 12.6 Å². The highest BCUT2D eigenvalue weighted by atomic mass is 32.1. The van der Waals surface area contributed by atoms with Crippen molar-refractivity contribution in [3.8, 4) is 0 Å². The van der Waals surface area contributed by atoms with Gasteiger partial charge in [0.2, 0.25) is 5.91 Å². The minimum absolute atomic E-state index is 0.0266. The lowest BCUT2D eigenvalue weighted by Crippen LogP contribution is -2.25. The van der Waals surface area contributed by atoms with Gasteiger partial charge < -0.3 is 5.32 Å². The van der Waals surface area contributed by atoms with Crippen LogP contribution in [0.5, 0.6) is 0 Å². The maximum absolute atomic E-state index is 10.4. The lowest BCUT2D eigenvalue weighted by Gasteiger charge is -2.07. The number of thiol groups is 1. The van der Waals surface area contributed by atoms with Crippen molar-refractivity contribution in [1.82, 2.24) is 5.32 Å². The second-order valence-electron chi connectivity index (χ2n) is 1.68. The topological polar surface area (TPSA) is 29.1 Å². The van der Waals surface area contributed by atoms with Crippen molar-refractivity contribution in [2.45, 2.75) is 6.42 Å². The van der Waals surface area contributed by atoms with Crippen LogP contribution in [0, 0.1) is 0 Å². The molecule has 0 aliphatic carbocycles. The van der Waals surface area contributed by atoms with Crippen LogP contribution in [-0.2, 0) is 4.79 Å². The van der Waals surface area contributed by atoms with Crippen LogP contribution in [-0.4, -0.2) is 12.5 Å². The SMILES string of the molecule is O=C1C=C(S)CCN1. The number of rotatable bonds is 0. The van der Waals surface area contributed by atoms with Crippen molar-refractivity contribution >= 4 is 18.5 Å². The number of amides is 1. The van der Waals surface area contributed by atoms with Gasteiger partial charge in [0.25, 0.3) is 0 Å². The van der Waals surface area contributed by atoms with E-state index in [-0.39, 0.29) is 5.91 Å². The van der Waals surface area contributed by atoms with Crippen LogP contribution in [0.25, 0.3) is 0 Å². The van der Waals surface area contributed by atoms with E-state index in [0.717, 1.165) is 17.9 Å². The van der Waals surface area contributed by atoms with Crippen molar-refractivity contribution in [3.05, 3.63) is 11.0 Å². The fraction of sp³-hybridized carbons (Fsp3) is 0.400. The van der Waals surface area contributed by atoms with Crippen LogP contribution in [0.3, 0.4) is 0 Å². The first-order valence-electron chi connectivity index (χ1n) is 2.46. The summed E-state index contributed by atoms with van der Waals surface area (Å²) in [5, 5.41) is 2.65. The minimum atomic E-state index is -0.0266. The largest absolute Gasteiger partial charge is 0.352 e. The van der Waals surface area contributed by atoms with E-state index >= 15 is 0 Å². The molecule has 3 heteroatoms. The molecule has 0 atom stereocenters. The van der Waals surface area contributed by atoms with Gasteiger partial charge in [-0.1, -0.05) is 0 Å². The molecule has 1 aliphatic rings. The minimum Gasteiger partial charge on any atom is -0.352 e. The fourth-order valence-electron chi connectivity index (χ4n) is 0.588. The highest BCUT2D eigenvalue weighted by molar-refractivity contribution is 7.84. The van der Waals surface area contributed by atoms with Crippen molar-refractivity contribution in [2.75, 3.05) is 6.54 Å². The molecule has 0 fully saturated rings. The van der Waals surface area contributed by atoms with E-state index in [4.69, 9.17) is 0 Å². The molecule has 1 aliphatic heterocycles. The molecule has 0 radical (unpaired) electrons. The van der Waals surface area contributed by atoms with Gasteiger partial charge in [-0.25, -0.2) is 0 Å². The summed E-state index contributed by atoms with van der Waals surface area (Å²) in [6, 6.07) is 0. The molecule has 1 heterocycles. The van der Waals surface area contributed by atoms with Gasteiger partial charge in [0.05, 0.1) is 0 Å². The summed E-state index contributed by atoms with van der Waals surface area (Å²) >= 11 is 4.02. The number of hydrogen-bond donors (Lipinski definition) is 2. The maximum Gasteiger partial charge on any atom is 0.244 e. The third kappa shape index (κ3) is 1.26. The Morgan fingerprint density at radius 3 is 2.88 bits per heavy atom. The molecule has 1 N–H and O–H groups in total. The molecule has 2 nitrogen and oxygen atoms in total. The Labute approximate surface area is 53.4 Å². The van der Waals surface area contributed by atoms with Crippen molar-refractivity contribution in [2.24, 2.45) is 0 Å². The van der Waals surface area contributed by atoms with Gasteiger partial charge in [0.15, 0.2) is 0 Å². The summed E-state index contributed by atoms with van der Waals surface area (Å²) in [7, 11) is 0. The Kier molecular flexibility index (Phi) is 1.58. The zero-order chi connectivity index (χ0) is 5.98. The first kappa shape index (κ1) is 5.69. The Morgan fingerprint density at radius 1 is 1.75 bits per heavy atom. The molecule has 0 spiro atoms. The number of carbonyl (C=O) groups excluding carboxylic acids is 1. The second-order valence-corrected chi connectivity index (χ2v) is 2.25. The van der Waals surface area contributed by atoms with Crippen LogP contribution in [0.4, 0.5) is 0 Å². The Morgan fingerprint density at radius 2 is 2.50 bits per heavy atom. The Bertz CT molecular complexity index is 141. The monoisotopic (exact) mass is 129 g/mol. The summed E-state index contributed by atoms with van der Waals surface area (Å²) in [5.74, 6) is -0.0266. The van der Waals surface area contributed by atoms with Gasteiger partial charge in [-0.15, -0.1) is 12.6 Å². The van der Waals surface area contributed by atoms with E-state index in [1.165, 1.54) is 6.08 Å². The summed E-state index contributed by atoms with van der Waals surface area (Å²) < 4.78 is 0. The molecule has 1 rings (SSSR count). The first-order valence-corrected chi connectivity index (χ1v) is 2.91. The smallest absolute Gasteiger partial charge is 0.244 e. The number of hydrogen-bond acceptors (Lipinski definition) is 2. The third-order valence-electron chi connectivity index (χ3n) is 0.978. The van der Waals surface area contributed by atoms with E-state index in [1.54, 1.807) is 0 Å². The number of nitrogens with one attached hydrogen (secondary N) is 1. The van der Waals surface area contributed by atoms with Gasteiger partial charge >= 0.3 is 0 Å². The average molecular weight is 129 g/mol. The zero-order valence-corrected chi connectivity index (χ0v) is 5.24. The second kappa shape index (κ2) is 2.22. The maximum atomic E-state index is 10.4. The van der Waals surface area contributed by atoms with Crippen LogP contribution in [0.1, 0.15) is 6.42 Å². The van der Waals surface area contributed by atoms with E-state index in [2.05, 4.69) is 17.9 Å². The molecular weight excluding hydrogens is 122 g/mol. The molecule has 0 saturated carbocycles. The molecule has 0 aromatic carbocycles. The first-order chi connectivity index (χ1) is 3.79. The Hall–Kier alpha value is -0.440. The highest BCUT2D eigenvalue weighted by Gasteiger charge is 2.03. The molecule has 8 heavy (non-hydrogen) atoms. The van der Waals surface area contributed by atoms with Crippen molar-refractivity contribution < 1.29 is 4.79 Å². The van der Waals surface area contributed by atoms with Gasteiger partial charge in [0.1, 0.15) is 0 Å². The average Bonchev–Trinajstić information content (AvgIpc) is 1.64. The molecule has 0 bridgehead atoms. The predicted molar refractivity (Wildman–Crippen MR) is 34.7 cm³/mol. The lowest BCUT2D eigenvalue weighted by atomic mass is 10.3. The third-order valence-corrected chi connectivity index (χ3v) is 1.33. The van der Waals surface area contributed by atoms with Crippen LogP contribution in [0.2, 0.25) is 0 Å². The van der Waals surface area contributed by atoms with Crippen molar-refractivity contribution in [1.29, 1.82) is 0 Å². The van der Waals surface area contributed by atoms with Crippen molar-refractivity contribution in [3.63, 3.8) is 0 Å². The highest BCUT2D eigenvalue weighted by Crippen LogP contribution is 2.07. The van der Waals surface area contributed by atoms with E-state index < -0.39 is 0 Å². The lowest BCUT2D eigenvalue weighted by molar-refractivity contribution is -0.116. The summed E-state index contributed by atoms with van der Waals surface area (Å²) in [6.45, 7) is 0.730.